The van der Waals surface area contributed by atoms with Crippen LogP contribution in [0.2, 0.25) is 0 Å². The van der Waals surface area contributed by atoms with Crippen molar-refractivity contribution in [3.05, 3.63) is 35.4 Å². The largest absolute Gasteiger partial charge is 0.271 e. The minimum Gasteiger partial charge on any atom is -0.271 e. The predicted octanol–water partition coefficient (Wildman–Crippen LogP) is 4.75. The van der Waals surface area contributed by atoms with Crippen molar-refractivity contribution >= 4 is 0 Å². The highest BCUT2D eigenvalue weighted by Gasteiger charge is 2.41. The Morgan fingerprint density at radius 2 is 1.76 bits per heavy atom. The topological polar surface area (TPSA) is 38.0 Å². The summed E-state index contributed by atoms with van der Waals surface area (Å²) in [4.78, 5) is 0. The molecular weight excluding hydrogens is 256 g/mol. The molecule has 1 unspecified atom stereocenters. The quantitative estimate of drug-likeness (QED) is 0.561. The van der Waals surface area contributed by atoms with Crippen LogP contribution in [0.25, 0.3) is 0 Å². The van der Waals surface area contributed by atoms with Crippen molar-refractivity contribution in [1.29, 1.82) is 0 Å². The Hall–Kier alpha value is -0.860. The van der Waals surface area contributed by atoms with Crippen molar-refractivity contribution in [1.82, 2.24) is 5.43 Å². The van der Waals surface area contributed by atoms with Gasteiger partial charge in [-0.1, -0.05) is 64.3 Å². The first kappa shape index (κ1) is 16.5. The number of hydrazine groups is 1. The average Bonchev–Trinajstić information content (AvgIpc) is 2.90. The van der Waals surface area contributed by atoms with Gasteiger partial charge in [0.15, 0.2) is 0 Å². The monoisotopic (exact) mass is 288 g/mol. The molecule has 0 aliphatic heterocycles. The molecule has 1 aromatic carbocycles. The number of nitrogens with two attached hydrogens (primary N) is 1. The van der Waals surface area contributed by atoms with E-state index < -0.39 is 0 Å². The van der Waals surface area contributed by atoms with E-state index in [1.54, 1.807) is 0 Å². The number of rotatable bonds is 7. The fourth-order valence-electron chi connectivity index (χ4n) is 4.29. The van der Waals surface area contributed by atoms with E-state index in [0.717, 1.165) is 12.3 Å². The SMILES string of the molecule is CCCc1ccc(C(NN)C2(CC(C)C)CCCC2)cc1. The van der Waals surface area contributed by atoms with E-state index in [1.807, 2.05) is 0 Å². The van der Waals surface area contributed by atoms with Crippen molar-refractivity contribution in [3.8, 4) is 0 Å². The van der Waals surface area contributed by atoms with Crippen LogP contribution < -0.4 is 11.3 Å². The van der Waals surface area contributed by atoms with Crippen LogP contribution in [0, 0.1) is 11.3 Å². The molecular formula is C19H32N2. The lowest BCUT2D eigenvalue weighted by Gasteiger charge is -2.39. The Morgan fingerprint density at radius 3 is 2.24 bits per heavy atom. The van der Waals surface area contributed by atoms with Crippen LogP contribution in [0.5, 0.6) is 0 Å². The van der Waals surface area contributed by atoms with Gasteiger partial charge in [0.1, 0.15) is 0 Å². The molecule has 1 aliphatic carbocycles. The highest BCUT2D eigenvalue weighted by molar-refractivity contribution is 5.27. The standard InChI is InChI=1S/C19H32N2/c1-4-7-16-8-10-17(11-9-16)18(21-20)19(14-15(2)3)12-5-6-13-19/h8-11,15,18,21H,4-7,12-14,20H2,1-3H3. The van der Waals surface area contributed by atoms with E-state index in [9.17, 15) is 0 Å². The molecule has 1 atom stereocenters. The van der Waals surface area contributed by atoms with Crippen molar-refractivity contribution in [2.24, 2.45) is 17.2 Å². The van der Waals surface area contributed by atoms with Gasteiger partial charge in [-0.3, -0.25) is 11.3 Å². The Bertz CT molecular complexity index is 416. The Kier molecular flexibility index (Phi) is 5.83. The summed E-state index contributed by atoms with van der Waals surface area (Å²) in [6.45, 7) is 6.89. The molecule has 0 aromatic heterocycles. The highest BCUT2D eigenvalue weighted by atomic mass is 15.2. The maximum atomic E-state index is 5.99. The van der Waals surface area contributed by atoms with Gasteiger partial charge in [-0.2, -0.15) is 0 Å². The maximum absolute atomic E-state index is 5.99. The smallest absolute Gasteiger partial charge is 0.0516 e. The summed E-state index contributed by atoms with van der Waals surface area (Å²) in [5.74, 6) is 6.71. The Morgan fingerprint density at radius 1 is 1.14 bits per heavy atom. The van der Waals surface area contributed by atoms with E-state index >= 15 is 0 Å². The van der Waals surface area contributed by atoms with E-state index in [-0.39, 0.29) is 6.04 Å². The molecule has 0 bridgehead atoms. The summed E-state index contributed by atoms with van der Waals surface area (Å²) >= 11 is 0. The summed E-state index contributed by atoms with van der Waals surface area (Å²) in [6, 6.07) is 9.42. The van der Waals surface area contributed by atoms with Crippen molar-refractivity contribution in [2.75, 3.05) is 0 Å². The fourth-order valence-corrected chi connectivity index (χ4v) is 4.29. The maximum Gasteiger partial charge on any atom is 0.0516 e. The fraction of sp³-hybridized carbons (Fsp3) is 0.684. The Labute approximate surface area is 130 Å². The van der Waals surface area contributed by atoms with Gasteiger partial charge >= 0.3 is 0 Å². The van der Waals surface area contributed by atoms with Gasteiger partial charge in [0.25, 0.3) is 0 Å². The molecule has 0 amide bonds. The molecule has 2 rings (SSSR count). The third-order valence-corrected chi connectivity index (χ3v) is 5.04. The minimum atomic E-state index is 0.290. The van der Waals surface area contributed by atoms with E-state index in [0.29, 0.717) is 5.41 Å². The second-order valence-electron chi connectivity index (χ2n) is 7.26. The van der Waals surface area contributed by atoms with Crippen molar-refractivity contribution in [2.45, 2.75) is 71.8 Å². The van der Waals surface area contributed by atoms with Crippen molar-refractivity contribution < 1.29 is 0 Å². The van der Waals surface area contributed by atoms with Gasteiger partial charge in [-0.05, 0) is 48.1 Å². The molecule has 118 valence electrons. The first-order valence-electron chi connectivity index (χ1n) is 8.66. The van der Waals surface area contributed by atoms with Crippen LogP contribution in [-0.2, 0) is 6.42 Å². The van der Waals surface area contributed by atoms with Gasteiger partial charge in [0.05, 0.1) is 6.04 Å². The first-order valence-corrected chi connectivity index (χ1v) is 8.66. The Balaban J connectivity index is 2.23. The third-order valence-electron chi connectivity index (χ3n) is 5.04. The predicted molar refractivity (Wildman–Crippen MR) is 90.9 cm³/mol. The third kappa shape index (κ3) is 3.87. The van der Waals surface area contributed by atoms with Crippen LogP contribution >= 0.6 is 0 Å². The second-order valence-corrected chi connectivity index (χ2v) is 7.26. The summed E-state index contributed by atoms with van der Waals surface area (Å²) in [6.07, 6.45) is 8.93. The molecule has 1 aromatic rings. The molecule has 1 aliphatic rings. The summed E-state index contributed by atoms with van der Waals surface area (Å²) < 4.78 is 0. The highest BCUT2D eigenvalue weighted by Crippen LogP contribution is 2.51. The molecule has 0 saturated heterocycles. The van der Waals surface area contributed by atoms with E-state index in [4.69, 9.17) is 5.84 Å². The first-order chi connectivity index (χ1) is 10.1. The van der Waals surface area contributed by atoms with Crippen LogP contribution in [-0.4, -0.2) is 0 Å². The summed E-state index contributed by atoms with van der Waals surface area (Å²) in [7, 11) is 0. The average molecular weight is 288 g/mol. The van der Waals surface area contributed by atoms with Crippen LogP contribution in [0.1, 0.15) is 76.5 Å². The number of aryl methyl sites for hydroxylation is 1. The van der Waals surface area contributed by atoms with Gasteiger partial charge in [0.2, 0.25) is 0 Å². The normalized spacial score (nSPS) is 19.1. The van der Waals surface area contributed by atoms with Crippen LogP contribution in [0.15, 0.2) is 24.3 Å². The lowest BCUT2D eigenvalue weighted by Crippen LogP contribution is -2.41. The van der Waals surface area contributed by atoms with E-state index in [2.05, 4.69) is 50.5 Å². The second kappa shape index (κ2) is 7.42. The number of nitrogens with one attached hydrogen (secondary N) is 1. The molecule has 1 fully saturated rings. The molecule has 21 heavy (non-hydrogen) atoms. The molecule has 3 N–H and O–H groups in total. The van der Waals surface area contributed by atoms with Gasteiger partial charge in [-0.15, -0.1) is 0 Å². The summed E-state index contributed by atoms with van der Waals surface area (Å²) in [5.41, 5.74) is 6.29. The molecule has 2 nitrogen and oxygen atoms in total. The van der Waals surface area contributed by atoms with Gasteiger partial charge in [0, 0.05) is 0 Å². The van der Waals surface area contributed by atoms with Crippen LogP contribution in [0.3, 0.4) is 0 Å². The number of benzene rings is 1. The van der Waals surface area contributed by atoms with Crippen LogP contribution in [0.4, 0.5) is 0 Å². The molecule has 1 saturated carbocycles. The lowest BCUT2D eigenvalue weighted by atomic mass is 9.70. The van der Waals surface area contributed by atoms with Crippen molar-refractivity contribution in [3.63, 3.8) is 0 Å². The summed E-state index contributed by atoms with van der Waals surface area (Å²) in [5, 5.41) is 0. The lowest BCUT2D eigenvalue weighted by molar-refractivity contribution is 0.156. The zero-order valence-electron chi connectivity index (χ0n) is 14.0. The molecule has 0 radical (unpaired) electrons. The van der Waals surface area contributed by atoms with Gasteiger partial charge < -0.3 is 0 Å². The van der Waals surface area contributed by atoms with Gasteiger partial charge in [-0.25, -0.2) is 0 Å². The molecule has 0 spiro atoms. The molecule has 2 heteroatoms. The molecule has 0 heterocycles. The number of hydrogen-bond donors (Lipinski definition) is 2. The van der Waals surface area contributed by atoms with E-state index in [1.165, 1.54) is 49.7 Å². The zero-order chi connectivity index (χ0) is 15.3. The number of hydrogen-bond acceptors (Lipinski definition) is 2. The minimum absolute atomic E-state index is 0.290. The zero-order valence-corrected chi connectivity index (χ0v) is 14.0.